The van der Waals surface area contributed by atoms with Gasteiger partial charge in [0.05, 0.1) is 12.7 Å². The van der Waals surface area contributed by atoms with Gasteiger partial charge in [0.2, 0.25) is 0 Å². The highest BCUT2D eigenvalue weighted by molar-refractivity contribution is 5.45. The van der Waals surface area contributed by atoms with Gasteiger partial charge in [-0.25, -0.2) is 0 Å². The summed E-state index contributed by atoms with van der Waals surface area (Å²) in [6.07, 6.45) is 0. The van der Waals surface area contributed by atoms with Crippen molar-refractivity contribution in [2.75, 3.05) is 33.3 Å². The third-order valence-corrected chi connectivity index (χ3v) is 3.21. The third-order valence-electron chi connectivity index (χ3n) is 3.21. The Hall–Kier alpha value is -1.57. The van der Waals surface area contributed by atoms with Crippen molar-refractivity contribution in [2.24, 2.45) is 0 Å². The number of nitrogens with one attached hydrogen (secondary N) is 1. The van der Waals surface area contributed by atoms with Gasteiger partial charge in [0, 0.05) is 19.6 Å². The summed E-state index contributed by atoms with van der Waals surface area (Å²) in [6.45, 7) is 9.34. The van der Waals surface area contributed by atoms with E-state index >= 15 is 0 Å². The molecule has 0 bridgehead atoms. The monoisotopic (exact) mass is 261 g/mol. The van der Waals surface area contributed by atoms with Crippen LogP contribution in [-0.2, 0) is 6.54 Å². The largest absolute Gasteiger partial charge is 0.495 e. The minimum Gasteiger partial charge on any atom is -0.495 e. The molecule has 4 heteroatoms. The van der Waals surface area contributed by atoms with Crippen LogP contribution < -0.4 is 10.1 Å². The first kappa shape index (κ1) is 15.5. The van der Waals surface area contributed by atoms with Crippen LogP contribution in [0.3, 0.4) is 0 Å². The molecule has 0 aliphatic heterocycles. The quantitative estimate of drug-likeness (QED) is 0.727. The molecule has 0 spiro atoms. The van der Waals surface area contributed by atoms with Gasteiger partial charge in [-0.3, -0.25) is 0 Å². The molecule has 0 unspecified atom stereocenters. The van der Waals surface area contributed by atoms with Crippen LogP contribution in [0.5, 0.6) is 5.75 Å². The molecule has 104 valence electrons. The van der Waals surface area contributed by atoms with Gasteiger partial charge in [-0.15, -0.1) is 0 Å². The molecule has 0 radical (unpaired) electrons. The number of nitrogens with zero attached hydrogens (tertiary/aromatic N) is 2. The maximum Gasteiger partial charge on any atom is 0.136 e. The van der Waals surface area contributed by atoms with Crippen LogP contribution in [0, 0.1) is 11.3 Å². The van der Waals surface area contributed by atoms with Gasteiger partial charge in [-0.2, -0.15) is 5.26 Å². The molecule has 0 aromatic heterocycles. The van der Waals surface area contributed by atoms with Gasteiger partial charge >= 0.3 is 0 Å². The maximum atomic E-state index is 8.92. The molecule has 0 amide bonds. The zero-order chi connectivity index (χ0) is 14.1. The van der Waals surface area contributed by atoms with Crippen molar-refractivity contribution in [3.05, 3.63) is 29.3 Å². The second kappa shape index (κ2) is 8.52. The predicted octanol–water partition coefficient (Wildman–Crippen LogP) is 2.00. The lowest BCUT2D eigenvalue weighted by atomic mass is 10.1. The van der Waals surface area contributed by atoms with E-state index in [0.717, 1.165) is 38.3 Å². The molecule has 0 fully saturated rings. The second-order valence-corrected chi connectivity index (χ2v) is 4.35. The lowest BCUT2D eigenvalue weighted by Crippen LogP contribution is -2.31. The molecule has 0 saturated carbocycles. The van der Waals surface area contributed by atoms with Crippen LogP contribution in [0.15, 0.2) is 18.2 Å². The van der Waals surface area contributed by atoms with E-state index in [1.54, 1.807) is 13.2 Å². The first-order valence-corrected chi connectivity index (χ1v) is 6.75. The van der Waals surface area contributed by atoms with Crippen LogP contribution in [0.2, 0.25) is 0 Å². The summed E-state index contributed by atoms with van der Waals surface area (Å²) in [5.74, 6) is 0.644. The lowest BCUT2D eigenvalue weighted by Gasteiger charge is -2.18. The topological polar surface area (TPSA) is 48.3 Å². The summed E-state index contributed by atoms with van der Waals surface area (Å²) in [6, 6.07) is 7.81. The highest BCUT2D eigenvalue weighted by Gasteiger charge is 2.03. The summed E-state index contributed by atoms with van der Waals surface area (Å²) in [7, 11) is 1.59. The van der Waals surface area contributed by atoms with E-state index in [-0.39, 0.29) is 0 Å². The van der Waals surface area contributed by atoms with Gasteiger partial charge in [-0.1, -0.05) is 19.9 Å². The molecule has 1 aromatic carbocycles. The standard InChI is InChI=1S/C15H23N3O/c1-4-18(5-2)9-8-17-12-13-6-7-14(11-16)15(10-13)19-3/h6-7,10,17H,4-5,8-9,12H2,1-3H3. The Labute approximate surface area is 116 Å². The average Bonchev–Trinajstić information content (AvgIpc) is 2.47. The van der Waals surface area contributed by atoms with Crippen molar-refractivity contribution in [3.8, 4) is 11.8 Å². The summed E-state index contributed by atoms with van der Waals surface area (Å²) < 4.78 is 5.20. The number of methoxy groups -OCH3 is 1. The van der Waals surface area contributed by atoms with Gasteiger partial charge in [0.1, 0.15) is 11.8 Å². The Kier molecular flexibility index (Phi) is 6.94. The average molecular weight is 261 g/mol. The molecule has 4 nitrogen and oxygen atoms in total. The van der Waals surface area contributed by atoms with Crippen LogP contribution in [-0.4, -0.2) is 38.2 Å². The van der Waals surface area contributed by atoms with E-state index in [0.29, 0.717) is 11.3 Å². The zero-order valence-corrected chi connectivity index (χ0v) is 12.1. The van der Waals surface area contributed by atoms with E-state index in [9.17, 15) is 0 Å². The number of benzene rings is 1. The molecule has 0 saturated heterocycles. The molecule has 1 N–H and O–H groups in total. The molecular formula is C15H23N3O. The van der Waals surface area contributed by atoms with Crippen molar-refractivity contribution in [3.63, 3.8) is 0 Å². The fraction of sp³-hybridized carbons (Fsp3) is 0.533. The first-order chi connectivity index (χ1) is 9.24. The van der Waals surface area contributed by atoms with E-state index < -0.39 is 0 Å². The fourth-order valence-electron chi connectivity index (χ4n) is 1.95. The Morgan fingerprint density at radius 2 is 2.05 bits per heavy atom. The first-order valence-electron chi connectivity index (χ1n) is 6.75. The van der Waals surface area contributed by atoms with Crippen LogP contribution in [0.25, 0.3) is 0 Å². The number of nitriles is 1. The van der Waals surface area contributed by atoms with Gasteiger partial charge in [-0.05, 0) is 30.8 Å². The van der Waals surface area contributed by atoms with Crippen LogP contribution >= 0.6 is 0 Å². The summed E-state index contributed by atoms with van der Waals surface area (Å²) in [4.78, 5) is 2.38. The molecule has 1 aromatic rings. The van der Waals surface area contributed by atoms with Crippen molar-refractivity contribution >= 4 is 0 Å². The van der Waals surface area contributed by atoms with Crippen molar-refractivity contribution in [1.82, 2.24) is 10.2 Å². The predicted molar refractivity (Wildman–Crippen MR) is 77.2 cm³/mol. The second-order valence-electron chi connectivity index (χ2n) is 4.35. The fourth-order valence-corrected chi connectivity index (χ4v) is 1.95. The summed E-state index contributed by atoms with van der Waals surface area (Å²) in [5, 5.41) is 12.3. The Morgan fingerprint density at radius 3 is 2.63 bits per heavy atom. The van der Waals surface area contributed by atoms with Crippen molar-refractivity contribution in [1.29, 1.82) is 5.26 Å². The molecule has 0 atom stereocenters. The normalized spacial score (nSPS) is 10.5. The van der Waals surface area contributed by atoms with Crippen molar-refractivity contribution in [2.45, 2.75) is 20.4 Å². The number of hydrogen-bond acceptors (Lipinski definition) is 4. The molecule has 0 heterocycles. The Bertz CT molecular complexity index is 422. The van der Waals surface area contributed by atoms with Crippen LogP contribution in [0.1, 0.15) is 25.0 Å². The molecular weight excluding hydrogens is 238 g/mol. The molecule has 0 aliphatic rings. The van der Waals surface area contributed by atoms with Crippen LogP contribution in [0.4, 0.5) is 0 Å². The lowest BCUT2D eigenvalue weighted by molar-refractivity contribution is 0.302. The third kappa shape index (κ3) is 4.90. The minimum atomic E-state index is 0.578. The Morgan fingerprint density at radius 1 is 1.32 bits per heavy atom. The maximum absolute atomic E-state index is 8.92. The smallest absolute Gasteiger partial charge is 0.136 e. The number of likely N-dealkylation sites (N-methyl/N-ethyl adjacent to an activating group) is 1. The molecule has 19 heavy (non-hydrogen) atoms. The molecule has 0 aliphatic carbocycles. The Balaban J connectivity index is 2.44. The minimum absolute atomic E-state index is 0.578. The van der Waals surface area contributed by atoms with E-state index in [4.69, 9.17) is 10.00 Å². The SMILES string of the molecule is CCN(CC)CCNCc1ccc(C#N)c(OC)c1. The van der Waals surface area contributed by atoms with E-state index in [1.807, 2.05) is 12.1 Å². The highest BCUT2D eigenvalue weighted by Crippen LogP contribution is 2.18. The van der Waals surface area contributed by atoms with E-state index in [2.05, 4.69) is 30.1 Å². The number of hydrogen-bond donors (Lipinski definition) is 1. The number of rotatable bonds is 8. The number of ether oxygens (including phenoxy) is 1. The van der Waals surface area contributed by atoms with Gasteiger partial charge < -0.3 is 15.0 Å². The zero-order valence-electron chi connectivity index (χ0n) is 12.1. The molecule has 1 rings (SSSR count). The highest BCUT2D eigenvalue weighted by atomic mass is 16.5. The van der Waals surface area contributed by atoms with E-state index in [1.165, 1.54) is 0 Å². The van der Waals surface area contributed by atoms with Crippen molar-refractivity contribution < 1.29 is 4.74 Å². The van der Waals surface area contributed by atoms with Gasteiger partial charge in [0.25, 0.3) is 0 Å². The summed E-state index contributed by atoms with van der Waals surface area (Å²) >= 11 is 0. The van der Waals surface area contributed by atoms with Gasteiger partial charge in [0.15, 0.2) is 0 Å². The summed E-state index contributed by atoms with van der Waals surface area (Å²) in [5.41, 5.74) is 1.71.